The van der Waals surface area contributed by atoms with E-state index < -0.39 is 0 Å². The normalized spacial score (nSPS) is 11.8. The summed E-state index contributed by atoms with van der Waals surface area (Å²) in [4.78, 5) is 7.46. The van der Waals surface area contributed by atoms with Gasteiger partial charge in [-0.1, -0.05) is 17.7 Å². The molecule has 0 aliphatic heterocycles. The smallest absolute Gasteiger partial charge is 0.128 e. The third-order valence-electron chi connectivity index (χ3n) is 2.90. The molecular weight excluding hydrogens is 277 g/mol. The highest BCUT2D eigenvalue weighted by molar-refractivity contribution is 6.31. The lowest BCUT2D eigenvalue weighted by Gasteiger charge is -2.19. The lowest BCUT2D eigenvalue weighted by atomic mass is 10.1. The number of nitrogens with zero attached hydrogens (tertiary/aromatic N) is 1. The Balaban J connectivity index is 2.06. The van der Waals surface area contributed by atoms with Crippen LogP contribution in [-0.4, -0.2) is 15.5 Å². The molecule has 0 radical (unpaired) electrons. The topological polar surface area (TPSA) is 40.7 Å². The molecule has 1 heterocycles. The van der Waals surface area contributed by atoms with E-state index in [1.54, 1.807) is 18.3 Å². The van der Waals surface area contributed by atoms with Crippen LogP contribution in [0.25, 0.3) is 0 Å². The molecule has 0 saturated carbocycles. The highest BCUT2D eigenvalue weighted by Gasteiger charge is 2.12. The molecule has 0 fully saturated rings. The lowest BCUT2D eigenvalue weighted by molar-refractivity contribution is 0.421. The van der Waals surface area contributed by atoms with Crippen LogP contribution in [0, 0.1) is 5.82 Å². The van der Waals surface area contributed by atoms with Crippen LogP contribution < -0.4 is 5.32 Å². The van der Waals surface area contributed by atoms with Gasteiger partial charge < -0.3 is 10.3 Å². The third-order valence-corrected chi connectivity index (χ3v) is 3.25. The molecule has 0 amide bonds. The van der Waals surface area contributed by atoms with E-state index in [2.05, 4.69) is 36.1 Å². The van der Waals surface area contributed by atoms with Gasteiger partial charge in [0.2, 0.25) is 0 Å². The van der Waals surface area contributed by atoms with E-state index in [1.165, 1.54) is 6.07 Å². The first kappa shape index (κ1) is 15.0. The van der Waals surface area contributed by atoms with Crippen LogP contribution in [0.4, 0.5) is 4.39 Å². The second-order valence-corrected chi connectivity index (χ2v) is 6.24. The van der Waals surface area contributed by atoms with Crippen molar-refractivity contribution in [3.05, 3.63) is 52.3 Å². The number of hydrogen-bond donors (Lipinski definition) is 2. The van der Waals surface area contributed by atoms with Crippen molar-refractivity contribution in [1.29, 1.82) is 0 Å². The summed E-state index contributed by atoms with van der Waals surface area (Å²) in [5.74, 6) is 0.408. The lowest BCUT2D eigenvalue weighted by Crippen LogP contribution is -2.35. The van der Waals surface area contributed by atoms with Crippen LogP contribution in [0.2, 0.25) is 5.02 Å². The second-order valence-electron chi connectivity index (χ2n) is 5.84. The molecule has 0 bridgehead atoms. The predicted octanol–water partition coefficient (Wildman–Crippen LogP) is 3.68. The van der Waals surface area contributed by atoms with Crippen molar-refractivity contribution in [2.24, 2.45) is 0 Å². The van der Waals surface area contributed by atoms with Gasteiger partial charge >= 0.3 is 0 Å². The number of benzene rings is 1. The Hall–Kier alpha value is -1.39. The van der Waals surface area contributed by atoms with Gasteiger partial charge in [0, 0.05) is 41.0 Å². The first-order chi connectivity index (χ1) is 9.35. The standard InChI is InChI=1S/C15H19ClFN3/c1-15(2,3)19-9-10-8-18-14(20-10)7-11-12(16)5-4-6-13(11)17/h4-6,8,19H,7,9H2,1-3H3,(H,18,20). The van der Waals surface area contributed by atoms with Crippen molar-refractivity contribution in [3.63, 3.8) is 0 Å². The minimum Gasteiger partial charge on any atom is -0.345 e. The average molecular weight is 296 g/mol. The zero-order chi connectivity index (χ0) is 14.8. The van der Waals surface area contributed by atoms with Crippen molar-refractivity contribution < 1.29 is 4.39 Å². The molecule has 0 unspecified atom stereocenters. The fourth-order valence-electron chi connectivity index (χ4n) is 1.81. The maximum absolute atomic E-state index is 13.7. The summed E-state index contributed by atoms with van der Waals surface area (Å²) in [6.45, 7) is 7.00. The highest BCUT2D eigenvalue weighted by Crippen LogP contribution is 2.21. The molecule has 20 heavy (non-hydrogen) atoms. The first-order valence-electron chi connectivity index (χ1n) is 6.56. The Morgan fingerprint density at radius 3 is 2.75 bits per heavy atom. The van der Waals surface area contributed by atoms with Crippen molar-refractivity contribution in [3.8, 4) is 0 Å². The van der Waals surface area contributed by atoms with Crippen LogP contribution in [0.3, 0.4) is 0 Å². The van der Waals surface area contributed by atoms with Gasteiger partial charge in [0.05, 0.1) is 0 Å². The maximum Gasteiger partial charge on any atom is 0.128 e. The Morgan fingerprint density at radius 2 is 2.10 bits per heavy atom. The second kappa shape index (κ2) is 5.94. The number of hydrogen-bond acceptors (Lipinski definition) is 2. The number of halogens is 2. The molecule has 0 atom stereocenters. The Labute approximate surface area is 123 Å². The number of H-pyrrole nitrogens is 1. The zero-order valence-electron chi connectivity index (χ0n) is 11.9. The van der Waals surface area contributed by atoms with Gasteiger partial charge in [0.25, 0.3) is 0 Å². The largest absolute Gasteiger partial charge is 0.345 e. The van der Waals surface area contributed by atoms with Crippen molar-refractivity contribution in [2.75, 3.05) is 0 Å². The number of aromatic amines is 1. The minimum atomic E-state index is -0.303. The van der Waals surface area contributed by atoms with Crippen molar-refractivity contribution in [2.45, 2.75) is 39.3 Å². The summed E-state index contributed by atoms with van der Waals surface area (Å²) in [5, 5.41) is 3.79. The quantitative estimate of drug-likeness (QED) is 0.903. The molecule has 0 spiro atoms. The molecule has 3 nitrogen and oxygen atoms in total. The molecule has 2 N–H and O–H groups in total. The van der Waals surface area contributed by atoms with Crippen LogP contribution in [0.15, 0.2) is 24.4 Å². The van der Waals surface area contributed by atoms with E-state index in [9.17, 15) is 4.39 Å². The highest BCUT2D eigenvalue weighted by atomic mass is 35.5. The van der Waals surface area contributed by atoms with E-state index in [-0.39, 0.29) is 11.4 Å². The van der Waals surface area contributed by atoms with Gasteiger partial charge in [-0.25, -0.2) is 9.37 Å². The third kappa shape index (κ3) is 4.05. The van der Waals surface area contributed by atoms with E-state index in [1.807, 2.05) is 0 Å². The SMILES string of the molecule is CC(C)(C)NCc1cnc(Cc2c(F)cccc2Cl)[nH]1. The predicted molar refractivity (Wildman–Crippen MR) is 79.4 cm³/mol. The molecular formula is C15H19ClFN3. The molecule has 0 aliphatic rings. The molecule has 2 rings (SSSR count). The van der Waals surface area contributed by atoms with Gasteiger partial charge in [-0.2, -0.15) is 0 Å². The van der Waals surface area contributed by atoms with Gasteiger partial charge in [0.15, 0.2) is 0 Å². The summed E-state index contributed by atoms with van der Waals surface area (Å²) < 4.78 is 13.7. The maximum atomic E-state index is 13.7. The average Bonchev–Trinajstić information content (AvgIpc) is 2.79. The van der Waals surface area contributed by atoms with Crippen LogP contribution in [0.1, 0.15) is 37.9 Å². The number of nitrogens with one attached hydrogen (secondary N) is 2. The number of aromatic nitrogens is 2. The summed E-state index contributed by atoms with van der Waals surface area (Å²) in [6, 6.07) is 4.69. The van der Waals surface area contributed by atoms with Crippen LogP contribution in [0.5, 0.6) is 0 Å². The van der Waals surface area contributed by atoms with Crippen molar-refractivity contribution >= 4 is 11.6 Å². The molecule has 0 aliphatic carbocycles. The Morgan fingerprint density at radius 1 is 1.35 bits per heavy atom. The molecule has 1 aromatic heterocycles. The molecule has 0 saturated heterocycles. The van der Waals surface area contributed by atoms with E-state index >= 15 is 0 Å². The Kier molecular flexibility index (Phi) is 4.45. The van der Waals surface area contributed by atoms with E-state index in [0.29, 0.717) is 29.4 Å². The summed E-state index contributed by atoms with van der Waals surface area (Å²) in [6.07, 6.45) is 2.13. The van der Waals surface area contributed by atoms with Gasteiger partial charge in [0.1, 0.15) is 11.6 Å². The fraction of sp³-hybridized carbons (Fsp3) is 0.400. The van der Waals surface area contributed by atoms with Crippen molar-refractivity contribution in [1.82, 2.24) is 15.3 Å². The molecule has 2 aromatic rings. The first-order valence-corrected chi connectivity index (χ1v) is 6.93. The van der Waals surface area contributed by atoms with Gasteiger partial charge in [-0.05, 0) is 32.9 Å². The minimum absolute atomic E-state index is 0.0418. The molecule has 108 valence electrons. The fourth-order valence-corrected chi connectivity index (χ4v) is 2.04. The summed E-state index contributed by atoms with van der Waals surface area (Å²) >= 11 is 6.01. The van der Waals surface area contributed by atoms with Gasteiger partial charge in [-0.15, -0.1) is 0 Å². The van der Waals surface area contributed by atoms with Gasteiger partial charge in [-0.3, -0.25) is 0 Å². The molecule has 5 heteroatoms. The van der Waals surface area contributed by atoms with Crippen LogP contribution >= 0.6 is 11.6 Å². The zero-order valence-corrected chi connectivity index (χ0v) is 12.7. The van der Waals surface area contributed by atoms with Crippen LogP contribution in [-0.2, 0) is 13.0 Å². The summed E-state index contributed by atoms with van der Waals surface area (Å²) in [7, 11) is 0. The number of rotatable bonds is 4. The van der Waals surface area contributed by atoms with E-state index in [4.69, 9.17) is 11.6 Å². The number of imidazole rings is 1. The van der Waals surface area contributed by atoms with E-state index in [0.717, 1.165) is 5.69 Å². The molecule has 1 aromatic carbocycles. The Bertz CT molecular complexity index is 567. The monoisotopic (exact) mass is 295 g/mol. The summed E-state index contributed by atoms with van der Waals surface area (Å²) in [5.41, 5.74) is 1.49.